The van der Waals surface area contributed by atoms with Gasteiger partial charge in [-0.15, -0.1) is 0 Å². The van der Waals surface area contributed by atoms with Gasteiger partial charge < -0.3 is 10.2 Å². The van der Waals surface area contributed by atoms with Crippen molar-refractivity contribution in [2.24, 2.45) is 0 Å². The van der Waals surface area contributed by atoms with E-state index < -0.39 is 17.9 Å². The van der Waals surface area contributed by atoms with E-state index in [1.54, 1.807) is 14.1 Å². The van der Waals surface area contributed by atoms with Crippen LogP contribution in [0.1, 0.15) is 15.9 Å². The molecule has 0 spiro atoms. The molecule has 1 unspecified atom stereocenters. The number of hydrogen-bond acceptors (Lipinski definition) is 3. The highest BCUT2D eigenvalue weighted by molar-refractivity contribution is 5.97. The summed E-state index contributed by atoms with van der Waals surface area (Å²) in [5, 5.41) is 2.67. The van der Waals surface area contributed by atoms with E-state index in [-0.39, 0.29) is 11.5 Å². The Morgan fingerprint density at radius 2 is 1.91 bits per heavy atom. The number of carbonyl (C=O) groups excluding carboxylic acids is 2. The lowest BCUT2D eigenvalue weighted by molar-refractivity contribution is -0.130. The van der Waals surface area contributed by atoms with Gasteiger partial charge in [0.05, 0.1) is 0 Å². The van der Waals surface area contributed by atoms with Crippen LogP contribution in [0.5, 0.6) is 0 Å². The molecule has 6 heteroatoms. The zero-order valence-electron chi connectivity index (χ0n) is 13.0. The zero-order chi connectivity index (χ0) is 16.8. The predicted octanol–water partition coefficient (Wildman–Crippen LogP) is 1.65. The Kier molecular flexibility index (Phi) is 5.41. The fraction of sp³-hybridized carbons (Fsp3) is 0.235. The van der Waals surface area contributed by atoms with Gasteiger partial charge in [-0.05, 0) is 11.6 Å². The first-order valence-corrected chi connectivity index (χ1v) is 7.15. The minimum absolute atomic E-state index is 0.127. The quantitative estimate of drug-likeness (QED) is 0.854. The highest BCUT2D eigenvalue weighted by atomic mass is 19.1. The average molecular weight is 315 g/mol. The lowest BCUT2D eigenvalue weighted by Crippen LogP contribution is -2.47. The molecule has 0 bridgehead atoms. The van der Waals surface area contributed by atoms with Crippen molar-refractivity contribution in [1.29, 1.82) is 0 Å². The van der Waals surface area contributed by atoms with Gasteiger partial charge in [0.25, 0.3) is 5.91 Å². The first kappa shape index (κ1) is 16.6. The van der Waals surface area contributed by atoms with E-state index in [1.165, 1.54) is 17.2 Å². The van der Waals surface area contributed by atoms with Gasteiger partial charge in [0.2, 0.25) is 11.9 Å². The Bertz CT molecular complexity index is 689. The third-order valence-corrected chi connectivity index (χ3v) is 3.32. The molecule has 2 rings (SSSR count). The van der Waals surface area contributed by atoms with Gasteiger partial charge in [-0.2, -0.15) is 4.39 Å². The van der Waals surface area contributed by atoms with Crippen molar-refractivity contribution in [2.45, 2.75) is 12.5 Å². The van der Waals surface area contributed by atoms with Gasteiger partial charge in [-0.3, -0.25) is 9.59 Å². The highest BCUT2D eigenvalue weighted by Crippen LogP contribution is 2.07. The molecule has 1 aromatic heterocycles. The second-order valence-electron chi connectivity index (χ2n) is 5.32. The normalized spacial score (nSPS) is 11.6. The Balaban J connectivity index is 2.17. The van der Waals surface area contributed by atoms with Crippen LogP contribution >= 0.6 is 0 Å². The monoisotopic (exact) mass is 315 g/mol. The van der Waals surface area contributed by atoms with Crippen LogP contribution in [0.4, 0.5) is 4.39 Å². The van der Waals surface area contributed by atoms with Crippen molar-refractivity contribution in [1.82, 2.24) is 15.2 Å². The summed E-state index contributed by atoms with van der Waals surface area (Å²) in [7, 11) is 3.25. The van der Waals surface area contributed by atoms with Crippen molar-refractivity contribution in [3.8, 4) is 0 Å². The molecule has 1 heterocycles. The molecule has 1 atom stereocenters. The van der Waals surface area contributed by atoms with Crippen molar-refractivity contribution in [3.05, 3.63) is 65.7 Å². The van der Waals surface area contributed by atoms with Crippen LogP contribution in [0.15, 0.2) is 48.7 Å². The van der Waals surface area contributed by atoms with E-state index >= 15 is 0 Å². The maximum Gasteiger partial charge on any atom is 0.252 e. The van der Waals surface area contributed by atoms with Gasteiger partial charge >= 0.3 is 0 Å². The standard InChI is InChI=1S/C17H18FN3O2/c1-21(2)17(23)14(10-12-6-4-3-5-7-12)20-16(22)13-8-9-19-15(18)11-13/h3-9,11,14H,10H2,1-2H3,(H,20,22). The summed E-state index contributed by atoms with van der Waals surface area (Å²) < 4.78 is 13.1. The maximum atomic E-state index is 13.1. The zero-order valence-corrected chi connectivity index (χ0v) is 13.0. The Hall–Kier alpha value is -2.76. The number of aromatic nitrogens is 1. The minimum atomic E-state index is -0.740. The van der Waals surface area contributed by atoms with E-state index in [2.05, 4.69) is 10.3 Å². The average Bonchev–Trinajstić information content (AvgIpc) is 2.54. The highest BCUT2D eigenvalue weighted by Gasteiger charge is 2.23. The molecule has 0 aliphatic rings. The number of amides is 2. The molecule has 5 nitrogen and oxygen atoms in total. The lowest BCUT2D eigenvalue weighted by Gasteiger charge is -2.22. The molecule has 1 aromatic carbocycles. The first-order valence-electron chi connectivity index (χ1n) is 7.15. The van der Waals surface area contributed by atoms with Gasteiger partial charge in [-0.1, -0.05) is 30.3 Å². The predicted molar refractivity (Wildman–Crippen MR) is 84.3 cm³/mol. The van der Waals surface area contributed by atoms with Crippen LogP contribution in [0.2, 0.25) is 0 Å². The van der Waals surface area contributed by atoms with E-state index in [9.17, 15) is 14.0 Å². The molecular weight excluding hydrogens is 297 g/mol. The van der Waals surface area contributed by atoms with E-state index in [4.69, 9.17) is 0 Å². The summed E-state index contributed by atoms with van der Waals surface area (Å²) in [5.74, 6) is -1.48. The molecule has 0 saturated carbocycles. The molecule has 1 N–H and O–H groups in total. The van der Waals surface area contributed by atoms with E-state index in [0.717, 1.165) is 11.6 Å². The van der Waals surface area contributed by atoms with Gasteiger partial charge in [0.1, 0.15) is 6.04 Å². The second kappa shape index (κ2) is 7.49. The summed E-state index contributed by atoms with van der Waals surface area (Å²) in [6, 6.07) is 11.1. The van der Waals surface area contributed by atoms with Crippen molar-refractivity contribution in [2.75, 3.05) is 14.1 Å². The summed E-state index contributed by atoms with van der Waals surface area (Å²) >= 11 is 0. The minimum Gasteiger partial charge on any atom is -0.347 e. The summed E-state index contributed by atoms with van der Waals surface area (Å²) in [5.41, 5.74) is 1.05. The molecule has 0 radical (unpaired) electrons. The van der Waals surface area contributed by atoms with Crippen LogP contribution in [0.3, 0.4) is 0 Å². The van der Waals surface area contributed by atoms with Crippen molar-refractivity contribution in [3.63, 3.8) is 0 Å². The number of hydrogen-bond donors (Lipinski definition) is 1. The van der Waals surface area contributed by atoms with Crippen molar-refractivity contribution < 1.29 is 14.0 Å². The molecule has 0 saturated heterocycles. The summed E-state index contributed by atoms with van der Waals surface area (Å²) in [6.07, 6.45) is 1.57. The number of rotatable bonds is 5. The third kappa shape index (κ3) is 4.60. The van der Waals surface area contributed by atoms with Crippen LogP contribution < -0.4 is 5.32 Å². The third-order valence-electron chi connectivity index (χ3n) is 3.32. The van der Waals surface area contributed by atoms with Crippen molar-refractivity contribution >= 4 is 11.8 Å². The Morgan fingerprint density at radius 3 is 2.52 bits per heavy atom. The number of benzene rings is 1. The fourth-order valence-corrected chi connectivity index (χ4v) is 2.15. The molecule has 120 valence electrons. The number of nitrogens with zero attached hydrogens (tertiary/aromatic N) is 2. The smallest absolute Gasteiger partial charge is 0.252 e. The van der Waals surface area contributed by atoms with Crippen LogP contribution in [0.25, 0.3) is 0 Å². The maximum absolute atomic E-state index is 13.1. The molecule has 0 fully saturated rings. The molecule has 2 amide bonds. The largest absolute Gasteiger partial charge is 0.347 e. The number of pyridine rings is 1. The molecule has 23 heavy (non-hydrogen) atoms. The van der Waals surface area contributed by atoms with Gasteiger partial charge in [0, 0.05) is 38.3 Å². The van der Waals surface area contributed by atoms with E-state index in [0.29, 0.717) is 6.42 Å². The van der Waals surface area contributed by atoms with Crippen LogP contribution in [-0.2, 0) is 11.2 Å². The molecular formula is C17H18FN3O2. The Morgan fingerprint density at radius 1 is 1.22 bits per heavy atom. The van der Waals surface area contributed by atoms with Gasteiger partial charge in [-0.25, -0.2) is 4.98 Å². The van der Waals surface area contributed by atoms with Crippen LogP contribution in [0, 0.1) is 5.95 Å². The Labute approximate surface area is 134 Å². The topological polar surface area (TPSA) is 62.3 Å². The summed E-state index contributed by atoms with van der Waals surface area (Å²) in [4.78, 5) is 29.4. The molecule has 0 aliphatic carbocycles. The number of likely N-dealkylation sites (N-methyl/N-ethyl adjacent to an activating group) is 1. The molecule has 2 aromatic rings. The lowest BCUT2D eigenvalue weighted by atomic mass is 10.0. The van der Waals surface area contributed by atoms with Crippen LogP contribution in [-0.4, -0.2) is 41.8 Å². The van der Waals surface area contributed by atoms with E-state index in [1.807, 2.05) is 30.3 Å². The number of halogens is 1. The number of nitrogens with one attached hydrogen (secondary N) is 1. The first-order chi connectivity index (χ1) is 11.0. The SMILES string of the molecule is CN(C)C(=O)C(Cc1ccccc1)NC(=O)c1ccnc(F)c1. The fourth-order valence-electron chi connectivity index (χ4n) is 2.15. The summed E-state index contributed by atoms with van der Waals surface area (Å²) in [6.45, 7) is 0. The second-order valence-corrected chi connectivity index (χ2v) is 5.32. The van der Waals surface area contributed by atoms with Gasteiger partial charge in [0.15, 0.2) is 0 Å². The number of carbonyl (C=O) groups is 2. The molecule has 0 aliphatic heterocycles.